The minimum absolute atomic E-state index is 0.0857. The summed E-state index contributed by atoms with van der Waals surface area (Å²) in [6, 6.07) is 1.65. The Morgan fingerprint density at radius 2 is 2.43 bits per heavy atom. The van der Waals surface area contributed by atoms with E-state index in [0.717, 1.165) is 0 Å². The van der Waals surface area contributed by atoms with Gasteiger partial charge in [0.05, 0.1) is 24.3 Å². The Kier molecular flexibility index (Phi) is 1.81. The third kappa shape index (κ3) is 1.26. The molecule has 0 saturated carbocycles. The van der Waals surface area contributed by atoms with Crippen LogP contribution in [0.3, 0.4) is 0 Å². The molecule has 0 atom stereocenters. The molecule has 2 rings (SSSR count). The number of rotatable bonds is 2. The number of nitrogens with zero attached hydrogens (tertiary/aromatic N) is 2. The zero-order chi connectivity index (χ0) is 10.1. The lowest BCUT2D eigenvalue weighted by Crippen LogP contribution is -1.94. The van der Waals surface area contributed by atoms with Crippen LogP contribution in [0.25, 0.3) is 11.0 Å². The number of aromatic nitrogens is 3. The molecule has 0 spiro atoms. The van der Waals surface area contributed by atoms with E-state index in [-0.39, 0.29) is 11.7 Å². The third-order valence-electron chi connectivity index (χ3n) is 1.76. The van der Waals surface area contributed by atoms with E-state index in [0.29, 0.717) is 11.0 Å². The van der Waals surface area contributed by atoms with Gasteiger partial charge in [0.15, 0.2) is 0 Å². The molecule has 14 heavy (non-hydrogen) atoms. The number of nitrogens with one attached hydrogen (secondary N) is 1. The molecule has 0 aliphatic rings. The Labute approximate surface area is 78.6 Å². The fraction of sp³-hybridized carbons (Fsp3) is 0.125. The average Bonchev–Trinajstić information content (AvgIpc) is 2.59. The number of ether oxygens (including phenoxy) is 1. The monoisotopic (exact) mass is 193 g/mol. The maximum Gasteiger partial charge on any atom is 0.352 e. The topological polar surface area (TPSA) is 88.1 Å². The highest BCUT2D eigenvalue weighted by atomic mass is 16.5. The van der Waals surface area contributed by atoms with Crippen LogP contribution < -0.4 is 4.74 Å². The highest BCUT2D eigenvalue weighted by molar-refractivity contribution is 5.92. The summed E-state index contributed by atoms with van der Waals surface area (Å²) in [7, 11) is 1.45. The minimum atomic E-state index is -1.03. The van der Waals surface area contributed by atoms with Gasteiger partial charge >= 0.3 is 12.0 Å². The normalized spacial score (nSPS) is 10.4. The number of aromatic amines is 1. The molecule has 0 aliphatic carbocycles. The summed E-state index contributed by atoms with van der Waals surface area (Å²) < 4.78 is 4.81. The number of carbonyl (C=O) groups is 1. The van der Waals surface area contributed by atoms with Gasteiger partial charge in [0.1, 0.15) is 5.69 Å². The molecule has 0 bridgehead atoms. The Morgan fingerprint density at radius 1 is 1.64 bits per heavy atom. The van der Waals surface area contributed by atoms with Crippen molar-refractivity contribution < 1.29 is 14.6 Å². The van der Waals surface area contributed by atoms with Crippen molar-refractivity contribution in [3.63, 3.8) is 0 Å². The number of H-pyrrole nitrogens is 1. The number of carboxylic acids is 1. The van der Waals surface area contributed by atoms with Crippen molar-refractivity contribution >= 4 is 17.0 Å². The van der Waals surface area contributed by atoms with Gasteiger partial charge in [-0.25, -0.2) is 9.78 Å². The average molecular weight is 193 g/mol. The smallest absolute Gasteiger partial charge is 0.352 e. The van der Waals surface area contributed by atoms with Crippen molar-refractivity contribution in [2.75, 3.05) is 7.11 Å². The largest absolute Gasteiger partial charge is 0.477 e. The van der Waals surface area contributed by atoms with Crippen molar-refractivity contribution in [1.29, 1.82) is 0 Å². The number of fused-ring (bicyclic) bond motifs is 1. The lowest BCUT2D eigenvalue weighted by Gasteiger charge is -1.94. The number of methoxy groups -OCH3 is 1. The Balaban J connectivity index is 2.60. The number of hydrogen-bond donors (Lipinski definition) is 2. The van der Waals surface area contributed by atoms with Gasteiger partial charge < -0.3 is 14.8 Å². The summed E-state index contributed by atoms with van der Waals surface area (Å²) in [5, 5.41) is 8.70. The molecule has 2 N–H and O–H groups in total. The van der Waals surface area contributed by atoms with Crippen molar-refractivity contribution in [3.05, 3.63) is 18.0 Å². The molecule has 0 saturated heterocycles. The van der Waals surface area contributed by atoms with Crippen molar-refractivity contribution in [2.24, 2.45) is 0 Å². The molecule has 0 fully saturated rings. The third-order valence-corrected chi connectivity index (χ3v) is 1.76. The fourth-order valence-electron chi connectivity index (χ4n) is 1.12. The van der Waals surface area contributed by atoms with Gasteiger partial charge in [0.2, 0.25) is 0 Å². The first kappa shape index (κ1) is 8.49. The second-order valence-electron chi connectivity index (χ2n) is 2.64. The molecule has 2 heterocycles. The number of hydrogen-bond acceptors (Lipinski definition) is 4. The van der Waals surface area contributed by atoms with E-state index in [1.807, 2.05) is 0 Å². The van der Waals surface area contributed by atoms with Crippen LogP contribution in [0, 0.1) is 0 Å². The summed E-state index contributed by atoms with van der Waals surface area (Å²) >= 11 is 0. The molecule has 6 nitrogen and oxygen atoms in total. The highest BCUT2D eigenvalue weighted by Crippen LogP contribution is 2.14. The quantitative estimate of drug-likeness (QED) is 0.731. The molecular formula is C8H7N3O3. The van der Waals surface area contributed by atoms with Gasteiger partial charge in [0.25, 0.3) is 0 Å². The molecule has 0 aliphatic heterocycles. The van der Waals surface area contributed by atoms with Gasteiger partial charge in [0, 0.05) is 0 Å². The van der Waals surface area contributed by atoms with Gasteiger partial charge in [-0.3, -0.25) is 0 Å². The first-order chi connectivity index (χ1) is 6.70. The molecule has 6 heteroatoms. The molecule has 2 aromatic rings. The molecule has 2 aromatic heterocycles. The van der Waals surface area contributed by atoms with Crippen LogP contribution in [0.5, 0.6) is 6.01 Å². The van der Waals surface area contributed by atoms with E-state index in [9.17, 15) is 4.79 Å². The number of carboxylic acid groups (broad SMARTS) is 1. The molecule has 0 radical (unpaired) electrons. The van der Waals surface area contributed by atoms with Crippen molar-refractivity contribution in [1.82, 2.24) is 15.0 Å². The maximum atomic E-state index is 10.6. The van der Waals surface area contributed by atoms with Gasteiger partial charge in [-0.1, -0.05) is 0 Å². The van der Waals surface area contributed by atoms with Gasteiger partial charge in [-0.2, -0.15) is 4.98 Å². The molecule has 0 aromatic carbocycles. The van der Waals surface area contributed by atoms with Crippen molar-refractivity contribution in [2.45, 2.75) is 0 Å². The molecular weight excluding hydrogens is 186 g/mol. The summed E-state index contributed by atoms with van der Waals surface area (Å²) in [6.07, 6.45) is 1.48. The molecule has 72 valence electrons. The SMILES string of the molecule is COc1ncc2[nH]c(C(=O)O)cc2n1. The summed E-state index contributed by atoms with van der Waals surface area (Å²) in [4.78, 5) is 21.1. The molecule has 0 unspecified atom stereocenters. The van der Waals surface area contributed by atoms with Crippen LogP contribution in [-0.4, -0.2) is 33.1 Å². The van der Waals surface area contributed by atoms with E-state index >= 15 is 0 Å². The number of aromatic carboxylic acids is 1. The van der Waals surface area contributed by atoms with E-state index in [1.165, 1.54) is 19.4 Å². The Morgan fingerprint density at radius 3 is 3.07 bits per heavy atom. The standard InChI is InChI=1S/C8H7N3O3/c1-14-8-9-3-6-4(11-8)2-5(10-6)7(12)13/h2-3,10H,1H3,(H,12,13). The van der Waals surface area contributed by atoms with Crippen LogP contribution in [-0.2, 0) is 0 Å². The second-order valence-corrected chi connectivity index (χ2v) is 2.64. The van der Waals surface area contributed by atoms with Gasteiger partial charge in [-0.05, 0) is 6.07 Å². The summed E-state index contributed by atoms with van der Waals surface area (Å²) in [5.41, 5.74) is 1.18. The van der Waals surface area contributed by atoms with Gasteiger partial charge in [-0.15, -0.1) is 0 Å². The van der Waals surface area contributed by atoms with E-state index < -0.39 is 5.97 Å². The first-order valence-electron chi connectivity index (χ1n) is 3.84. The van der Waals surface area contributed by atoms with Crippen LogP contribution in [0.2, 0.25) is 0 Å². The van der Waals surface area contributed by atoms with Crippen LogP contribution >= 0.6 is 0 Å². The first-order valence-corrected chi connectivity index (χ1v) is 3.84. The Hall–Kier alpha value is -2.11. The minimum Gasteiger partial charge on any atom is -0.477 e. The zero-order valence-electron chi connectivity index (χ0n) is 7.31. The van der Waals surface area contributed by atoms with E-state index in [4.69, 9.17) is 9.84 Å². The Bertz CT molecular complexity index is 492. The predicted molar refractivity (Wildman–Crippen MR) is 47.4 cm³/mol. The van der Waals surface area contributed by atoms with Crippen molar-refractivity contribution in [3.8, 4) is 6.01 Å². The predicted octanol–water partition coefficient (Wildman–Crippen LogP) is 0.665. The van der Waals surface area contributed by atoms with Crippen LogP contribution in [0.1, 0.15) is 10.5 Å². The molecule has 0 amide bonds. The lowest BCUT2D eigenvalue weighted by atomic mass is 10.4. The van der Waals surface area contributed by atoms with Crippen LogP contribution in [0.4, 0.5) is 0 Å². The lowest BCUT2D eigenvalue weighted by molar-refractivity contribution is 0.0691. The highest BCUT2D eigenvalue weighted by Gasteiger charge is 2.09. The fourth-order valence-corrected chi connectivity index (χ4v) is 1.12. The zero-order valence-corrected chi connectivity index (χ0v) is 7.31. The second kappa shape index (κ2) is 2.99. The van der Waals surface area contributed by atoms with E-state index in [2.05, 4.69) is 15.0 Å². The van der Waals surface area contributed by atoms with Crippen LogP contribution in [0.15, 0.2) is 12.3 Å². The maximum absolute atomic E-state index is 10.6. The summed E-state index contributed by atoms with van der Waals surface area (Å²) in [6.45, 7) is 0. The summed E-state index contributed by atoms with van der Waals surface area (Å²) in [5.74, 6) is -1.03. The van der Waals surface area contributed by atoms with E-state index in [1.54, 1.807) is 0 Å².